The number of nitrogens with zero attached hydrogens (tertiary/aromatic N) is 2. The van der Waals surface area contributed by atoms with Crippen LogP contribution in [-0.2, 0) is 14.8 Å². The first-order valence-electron chi connectivity index (χ1n) is 11.2. The lowest BCUT2D eigenvalue weighted by atomic mass is 10.1. The molecule has 4 aromatic rings. The molecule has 1 aliphatic heterocycles. The van der Waals surface area contributed by atoms with Crippen molar-refractivity contribution in [2.45, 2.75) is 11.0 Å². The molecule has 0 radical (unpaired) electrons. The maximum Gasteiger partial charge on any atom is 0.266 e. The summed E-state index contributed by atoms with van der Waals surface area (Å²) in [6, 6.07) is 16.4. The van der Waals surface area contributed by atoms with Gasteiger partial charge in [-0.2, -0.15) is 4.31 Å². The summed E-state index contributed by atoms with van der Waals surface area (Å²) >= 11 is 6.11. The molecule has 1 aliphatic rings. The van der Waals surface area contributed by atoms with Gasteiger partial charge in [0.15, 0.2) is 0 Å². The Morgan fingerprint density at radius 3 is 2.75 bits per heavy atom. The summed E-state index contributed by atoms with van der Waals surface area (Å²) in [5.41, 5.74) is 7.67. The zero-order chi connectivity index (χ0) is 25.3. The highest BCUT2D eigenvalue weighted by Crippen LogP contribution is 2.32. The summed E-state index contributed by atoms with van der Waals surface area (Å²) < 4.78 is 40.3. The molecule has 36 heavy (non-hydrogen) atoms. The average Bonchev–Trinajstić information content (AvgIpc) is 3.28. The number of nitrogens with two attached hydrogens (primary N) is 1. The number of amides is 1. The Morgan fingerprint density at radius 2 is 1.97 bits per heavy atom. The molecule has 2 aromatic carbocycles. The van der Waals surface area contributed by atoms with Gasteiger partial charge in [-0.15, -0.1) is 0 Å². The fourth-order valence-corrected chi connectivity index (χ4v) is 6.16. The van der Waals surface area contributed by atoms with Crippen molar-refractivity contribution in [1.82, 2.24) is 14.3 Å². The van der Waals surface area contributed by atoms with Crippen LogP contribution in [0.25, 0.3) is 22.0 Å². The first kappa shape index (κ1) is 24.3. The van der Waals surface area contributed by atoms with Gasteiger partial charge >= 0.3 is 0 Å². The lowest BCUT2D eigenvalue weighted by molar-refractivity contribution is -0.0249. The van der Waals surface area contributed by atoms with Gasteiger partial charge in [-0.25, -0.2) is 8.42 Å². The Kier molecular flexibility index (Phi) is 6.67. The first-order chi connectivity index (χ1) is 17.3. The molecule has 0 saturated carbocycles. The SMILES string of the molecule is NC(=O)c1[nH]c2ccc(Cl)cc2c1S(=O)(=O)N1CCOC(COc2cncc(-c3ccccc3)c2)C1. The Bertz CT molecular complexity index is 1520. The smallest absolute Gasteiger partial charge is 0.266 e. The third-order valence-electron chi connectivity index (χ3n) is 5.91. The molecule has 0 spiro atoms. The summed E-state index contributed by atoms with van der Waals surface area (Å²) in [5, 5.41) is 0.646. The van der Waals surface area contributed by atoms with Gasteiger partial charge in [0.05, 0.1) is 12.8 Å². The molecule has 5 rings (SSSR count). The number of primary amides is 1. The molecule has 1 unspecified atom stereocenters. The molecule has 1 atom stereocenters. The molecule has 3 heterocycles. The molecule has 3 N–H and O–H groups in total. The summed E-state index contributed by atoms with van der Waals surface area (Å²) in [6.45, 7) is 0.452. The van der Waals surface area contributed by atoms with Crippen molar-refractivity contribution >= 4 is 38.4 Å². The van der Waals surface area contributed by atoms with E-state index in [0.717, 1.165) is 11.1 Å². The van der Waals surface area contributed by atoms with Gasteiger partial charge in [-0.05, 0) is 29.8 Å². The summed E-state index contributed by atoms with van der Waals surface area (Å²) in [5.74, 6) is -0.331. The Morgan fingerprint density at radius 1 is 1.17 bits per heavy atom. The van der Waals surface area contributed by atoms with Crippen LogP contribution in [0.2, 0.25) is 5.02 Å². The van der Waals surface area contributed by atoms with E-state index in [1.165, 1.54) is 10.4 Å². The zero-order valence-electron chi connectivity index (χ0n) is 19.1. The monoisotopic (exact) mass is 526 g/mol. The maximum absolute atomic E-state index is 13.7. The Labute approximate surface area is 212 Å². The highest BCUT2D eigenvalue weighted by Gasteiger charge is 2.36. The molecule has 1 saturated heterocycles. The number of carbonyl (C=O) groups is 1. The summed E-state index contributed by atoms with van der Waals surface area (Å²) in [7, 11) is -4.10. The number of morpholine rings is 1. The van der Waals surface area contributed by atoms with E-state index in [4.69, 9.17) is 26.8 Å². The number of aromatic nitrogens is 2. The van der Waals surface area contributed by atoms with Gasteiger partial charge in [0, 0.05) is 40.8 Å². The number of hydrogen-bond acceptors (Lipinski definition) is 6. The van der Waals surface area contributed by atoms with Crippen LogP contribution in [0, 0.1) is 0 Å². The number of fused-ring (bicyclic) bond motifs is 1. The lowest BCUT2D eigenvalue weighted by Gasteiger charge is -2.32. The summed E-state index contributed by atoms with van der Waals surface area (Å²) in [4.78, 5) is 19.0. The molecule has 11 heteroatoms. The quantitative estimate of drug-likeness (QED) is 0.379. The van der Waals surface area contributed by atoms with Crippen molar-refractivity contribution in [1.29, 1.82) is 0 Å². The third-order valence-corrected chi connectivity index (χ3v) is 8.10. The number of pyridine rings is 1. The van der Waals surface area contributed by atoms with Crippen LogP contribution in [-0.4, -0.2) is 61.0 Å². The number of ether oxygens (including phenoxy) is 2. The van der Waals surface area contributed by atoms with Crippen LogP contribution in [0.3, 0.4) is 0 Å². The highest BCUT2D eigenvalue weighted by molar-refractivity contribution is 7.89. The van der Waals surface area contributed by atoms with E-state index in [9.17, 15) is 13.2 Å². The number of nitrogens with one attached hydrogen (secondary N) is 1. The number of aromatic amines is 1. The van der Waals surface area contributed by atoms with Crippen molar-refractivity contribution in [3.8, 4) is 16.9 Å². The van der Waals surface area contributed by atoms with Crippen molar-refractivity contribution in [3.63, 3.8) is 0 Å². The predicted octanol–water partition coefficient (Wildman–Crippen LogP) is 3.45. The number of halogens is 1. The number of rotatable bonds is 7. The van der Waals surface area contributed by atoms with E-state index in [0.29, 0.717) is 21.7 Å². The van der Waals surface area contributed by atoms with Crippen LogP contribution < -0.4 is 10.5 Å². The van der Waals surface area contributed by atoms with Crippen molar-refractivity contribution in [2.75, 3.05) is 26.3 Å². The molecular formula is C25H23ClN4O5S. The minimum Gasteiger partial charge on any atom is -0.489 e. The van der Waals surface area contributed by atoms with Gasteiger partial charge in [-0.1, -0.05) is 41.9 Å². The van der Waals surface area contributed by atoms with E-state index in [2.05, 4.69) is 9.97 Å². The molecule has 2 aromatic heterocycles. The van der Waals surface area contributed by atoms with Gasteiger partial charge < -0.3 is 20.2 Å². The van der Waals surface area contributed by atoms with Crippen LogP contribution in [0.15, 0.2) is 71.9 Å². The van der Waals surface area contributed by atoms with E-state index < -0.39 is 22.0 Å². The van der Waals surface area contributed by atoms with Crippen LogP contribution in [0.1, 0.15) is 10.5 Å². The lowest BCUT2D eigenvalue weighted by Crippen LogP contribution is -2.47. The van der Waals surface area contributed by atoms with E-state index in [-0.39, 0.29) is 36.9 Å². The number of hydrogen-bond donors (Lipinski definition) is 2. The number of sulfonamides is 1. The highest BCUT2D eigenvalue weighted by atomic mass is 35.5. The molecule has 1 amide bonds. The fourth-order valence-electron chi connectivity index (χ4n) is 4.20. The minimum atomic E-state index is -4.10. The normalized spacial score (nSPS) is 16.8. The van der Waals surface area contributed by atoms with E-state index in [1.807, 2.05) is 36.4 Å². The van der Waals surface area contributed by atoms with Gasteiger partial charge in [0.25, 0.3) is 5.91 Å². The van der Waals surface area contributed by atoms with E-state index in [1.54, 1.807) is 24.5 Å². The van der Waals surface area contributed by atoms with Crippen molar-refractivity contribution in [2.24, 2.45) is 5.73 Å². The molecule has 0 aliphatic carbocycles. The fraction of sp³-hybridized carbons (Fsp3) is 0.200. The standard InChI is InChI=1S/C25H23ClN4O5S/c26-18-6-7-22-21(11-18)24(23(29-22)25(27)31)36(32,33)30-8-9-34-20(14-30)15-35-19-10-17(12-28-13-19)16-4-2-1-3-5-16/h1-7,10-13,20,29H,8-9,14-15H2,(H2,27,31). The second-order valence-electron chi connectivity index (χ2n) is 8.33. The predicted molar refractivity (Wildman–Crippen MR) is 135 cm³/mol. The largest absolute Gasteiger partial charge is 0.489 e. The van der Waals surface area contributed by atoms with Gasteiger partial charge in [0.2, 0.25) is 10.0 Å². The van der Waals surface area contributed by atoms with Gasteiger partial charge in [-0.3, -0.25) is 9.78 Å². The molecular weight excluding hydrogens is 504 g/mol. The zero-order valence-corrected chi connectivity index (χ0v) is 20.6. The number of benzene rings is 2. The third kappa shape index (κ3) is 4.80. The van der Waals surface area contributed by atoms with Gasteiger partial charge in [0.1, 0.15) is 29.0 Å². The second kappa shape index (κ2) is 9.90. The Hall–Kier alpha value is -3.44. The maximum atomic E-state index is 13.7. The number of carbonyl (C=O) groups excluding carboxylic acids is 1. The Balaban J connectivity index is 1.35. The topological polar surface area (TPSA) is 128 Å². The van der Waals surface area contributed by atoms with Crippen LogP contribution in [0.4, 0.5) is 0 Å². The first-order valence-corrected chi connectivity index (χ1v) is 13.0. The minimum absolute atomic E-state index is 0.0412. The average molecular weight is 527 g/mol. The molecule has 1 fully saturated rings. The molecule has 0 bridgehead atoms. The van der Waals surface area contributed by atoms with E-state index >= 15 is 0 Å². The second-order valence-corrected chi connectivity index (χ2v) is 10.6. The molecule has 186 valence electrons. The summed E-state index contributed by atoms with van der Waals surface area (Å²) in [6.07, 6.45) is 2.82. The van der Waals surface area contributed by atoms with Crippen LogP contribution in [0.5, 0.6) is 5.75 Å². The number of H-pyrrole nitrogens is 1. The van der Waals surface area contributed by atoms with Crippen molar-refractivity contribution in [3.05, 3.63) is 77.7 Å². The van der Waals surface area contributed by atoms with Crippen molar-refractivity contribution < 1.29 is 22.7 Å². The van der Waals surface area contributed by atoms with Crippen LogP contribution >= 0.6 is 11.6 Å². The molecule has 9 nitrogen and oxygen atoms in total.